The van der Waals surface area contributed by atoms with Gasteiger partial charge in [0.05, 0.1) is 40.3 Å². The van der Waals surface area contributed by atoms with Crippen molar-refractivity contribution in [3.05, 3.63) is 24.3 Å². The molecule has 0 aliphatic carbocycles. The van der Waals surface area contributed by atoms with Gasteiger partial charge in [-0.3, -0.25) is 9.59 Å². The monoisotopic (exact) mass is 1310 g/mol. The van der Waals surface area contributed by atoms with Crippen LogP contribution >= 0.6 is 0 Å². The van der Waals surface area contributed by atoms with Crippen LogP contribution in [0, 0.1) is 0 Å². The Morgan fingerprint density at radius 2 is 0.548 bits per heavy atom. The van der Waals surface area contributed by atoms with Crippen molar-refractivity contribution in [2.45, 2.75) is 450 Å². The first-order valence-corrected chi connectivity index (χ1v) is 41.5. The molecule has 0 fully saturated rings. The van der Waals surface area contributed by atoms with Crippen molar-refractivity contribution in [1.29, 1.82) is 0 Å². The molecular weight excluding hydrogens is 1150 g/mol. The van der Waals surface area contributed by atoms with E-state index in [2.05, 4.69) is 38.2 Å². The predicted molar refractivity (Wildman–Crippen MR) is 399 cm³/mol. The summed E-state index contributed by atoms with van der Waals surface area (Å²) < 4.78 is 22.9. The van der Waals surface area contributed by atoms with E-state index in [1.54, 1.807) is 0 Å². The van der Waals surface area contributed by atoms with Crippen LogP contribution in [-0.2, 0) is 33.3 Å². The quantitative estimate of drug-likeness (QED) is 0.0195. The number of aliphatic carboxylic acids is 1. The highest BCUT2D eigenvalue weighted by Gasteiger charge is 2.22. The number of esters is 2. The zero-order chi connectivity index (χ0) is 67.5. The average Bonchev–Trinajstić information content (AvgIpc) is 3.38. The molecule has 93 heavy (non-hydrogen) atoms. The van der Waals surface area contributed by atoms with Crippen LogP contribution in [0.15, 0.2) is 24.3 Å². The molecule has 0 aromatic heterocycles. The Bertz CT molecular complexity index is 1580. The number of carboxylic acid groups (broad SMARTS) is 1. The summed E-state index contributed by atoms with van der Waals surface area (Å²) in [7, 11) is 5.96. The molecule has 2 atom stereocenters. The molecule has 9 heteroatoms. The number of ether oxygens (including phenoxy) is 4. The minimum atomic E-state index is -1.62. The number of carboxylic acids is 1. The molecule has 0 aromatic carbocycles. The molecule has 0 aliphatic rings. The van der Waals surface area contributed by atoms with Crippen LogP contribution in [0.3, 0.4) is 0 Å². The molecule has 0 amide bonds. The number of rotatable bonds is 79. The zero-order valence-corrected chi connectivity index (χ0v) is 63.2. The molecule has 9 nitrogen and oxygen atoms in total. The number of nitrogens with zero attached hydrogens (tertiary/aromatic N) is 1. The molecule has 0 bridgehead atoms. The lowest BCUT2D eigenvalue weighted by molar-refractivity contribution is -0.870. The summed E-state index contributed by atoms with van der Waals surface area (Å²) in [6, 6.07) is 0. The van der Waals surface area contributed by atoms with E-state index in [1.807, 2.05) is 21.1 Å². The van der Waals surface area contributed by atoms with Gasteiger partial charge in [0.2, 0.25) is 0 Å². The number of hydrogen-bond donors (Lipinski definition) is 0. The lowest BCUT2D eigenvalue weighted by Crippen LogP contribution is -2.44. The molecule has 0 spiro atoms. The van der Waals surface area contributed by atoms with E-state index >= 15 is 0 Å². The van der Waals surface area contributed by atoms with Gasteiger partial charge >= 0.3 is 11.9 Å². The number of hydrogen-bond acceptors (Lipinski definition) is 8. The SMILES string of the molecule is CCCCCCCCCC/C=C\CCCCCCCCCCCCCCCCCCCCCCCCCCCCCC(=O)OC(COC(=O)CCCCCCCCCCCCCCCCCCC/C=C\CCCCCCCCCC)COC(OCC[N+](C)(C)C)C(=O)[O-]. The maximum atomic E-state index is 13.0. The normalized spacial score (nSPS) is 12.7. The number of unbranched alkanes of at least 4 members (excludes halogenated alkanes) is 60. The van der Waals surface area contributed by atoms with Crippen molar-refractivity contribution >= 4 is 17.9 Å². The second-order valence-corrected chi connectivity index (χ2v) is 29.8. The summed E-state index contributed by atoms with van der Waals surface area (Å²) in [5.41, 5.74) is 0. The third-order valence-corrected chi connectivity index (χ3v) is 19.2. The van der Waals surface area contributed by atoms with Gasteiger partial charge in [-0.2, -0.15) is 0 Å². The Balaban J connectivity index is 3.93. The Kier molecular flexibility index (Phi) is 73.7. The van der Waals surface area contributed by atoms with E-state index in [4.69, 9.17) is 18.9 Å². The molecule has 0 saturated carbocycles. The van der Waals surface area contributed by atoms with Gasteiger partial charge in [0.15, 0.2) is 12.4 Å². The fourth-order valence-electron chi connectivity index (χ4n) is 12.8. The molecule has 0 heterocycles. The average molecular weight is 1310 g/mol. The largest absolute Gasteiger partial charge is 0.545 e. The van der Waals surface area contributed by atoms with Gasteiger partial charge in [-0.1, -0.05) is 385 Å². The first-order valence-electron chi connectivity index (χ1n) is 41.5. The van der Waals surface area contributed by atoms with Gasteiger partial charge < -0.3 is 33.3 Å². The summed E-state index contributed by atoms with van der Waals surface area (Å²) in [5.74, 6) is -2.24. The van der Waals surface area contributed by atoms with Crippen molar-refractivity contribution in [3.8, 4) is 0 Å². The molecule has 0 radical (unpaired) electrons. The molecule has 2 unspecified atom stereocenters. The van der Waals surface area contributed by atoms with E-state index in [0.717, 1.165) is 38.5 Å². The maximum Gasteiger partial charge on any atom is 0.306 e. The van der Waals surface area contributed by atoms with Crippen LogP contribution in [0.25, 0.3) is 0 Å². The van der Waals surface area contributed by atoms with Gasteiger partial charge in [0.25, 0.3) is 0 Å². The highest BCUT2D eigenvalue weighted by molar-refractivity contribution is 5.70. The standard InChI is InChI=1S/C84H161NO8/c1-6-8-10-12-14-16-18-20-22-24-26-28-30-32-34-36-37-38-39-40-41-42-43-44-45-47-49-51-53-55-57-59-61-63-65-67-69-71-73-75-82(87)93-80(79-92-84(83(88)89)90-77-76-85(3,4)5)78-91-81(86)74-72-70-68-66-64-62-60-58-56-54-52-50-48-46-35-33-31-29-27-25-23-21-19-17-15-13-11-9-7-2/h24-27,80,84H,6-23,28-79H2,1-5H3/b26-24-,27-25-. The number of allylic oxidation sites excluding steroid dienone is 4. The minimum Gasteiger partial charge on any atom is -0.545 e. The number of carbonyl (C=O) groups excluding carboxylic acids is 3. The van der Waals surface area contributed by atoms with Crippen LogP contribution in [0.1, 0.15) is 438 Å². The van der Waals surface area contributed by atoms with Gasteiger partial charge in [0.1, 0.15) is 13.2 Å². The predicted octanol–water partition coefficient (Wildman–Crippen LogP) is 25.2. The van der Waals surface area contributed by atoms with E-state index in [0.29, 0.717) is 17.4 Å². The molecule has 550 valence electrons. The van der Waals surface area contributed by atoms with E-state index in [-0.39, 0.29) is 32.2 Å². The summed E-state index contributed by atoms with van der Waals surface area (Å²) in [6.45, 7) is 4.84. The summed E-state index contributed by atoms with van der Waals surface area (Å²) in [5, 5.41) is 11.9. The smallest absolute Gasteiger partial charge is 0.306 e. The topological polar surface area (TPSA) is 111 Å². The van der Waals surface area contributed by atoms with Crippen LogP contribution in [0.2, 0.25) is 0 Å². The van der Waals surface area contributed by atoms with E-state index in [9.17, 15) is 19.5 Å². The first-order chi connectivity index (χ1) is 45.6. The van der Waals surface area contributed by atoms with Crippen LogP contribution < -0.4 is 5.11 Å². The number of carbonyl (C=O) groups is 3. The van der Waals surface area contributed by atoms with Crippen molar-refractivity contribution in [3.63, 3.8) is 0 Å². The van der Waals surface area contributed by atoms with Crippen molar-refractivity contribution in [2.24, 2.45) is 0 Å². The fourth-order valence-corrected chi connectivity index (χ4v) is 12.8. The fraction of sp³-hybridized carbons (Fsp3) is 0.917. The van der Waals surface area contributed by atoms with E-state index < -0.39 is 24.3 Å². The second-order valence-electron chi connectivity index (χ2n) is 29.8. The Morgan fingerprint density at radius 1 is 0.312 bits per heavy atom. The molecule has 0 aromatic rings. The van der Waals surface area contributed by atoms with E-state index in [1.165, 1.54) is 372 Å². The van der Waals surface area contributed by atoms with Crippen molar-refractivity contribution in [2.75, 3.05) is 47.5 Å². The molecule has 0 rings (SSSR count). The van der Waals surface area contributed by atoms with Crippen LogP contribution in [-0.4, -0.2) is 82.3 Å². The first kappa shape index (κ1) is 90.8. The van der Waals surface area contributed by atoms with Gasteiger partial charge in [0, 0.05) is 12.8 Å². The second kappa shape index (κ2) is 75.5. The Morgan fingerprint density at radius 3 is 0.796 bits per heavy atom. The summed E-state index contributed by atoms with van der Waals surface area (Å²) in [6.07, 6.45) is 93.3. The van der Waals surface area contributed by atoms with Crippen molar-refractivity contribution < 1.29 is 42.9 Å². The molecule has 0 aliphatic heterocycles. The molecular formula is C84H161NO8. The summed E-state index contributed by atoms with van der Waals surface area (Å²) >= 11 is 0. The minimum absolute atomic E-state index is 0.152. The molecule has 0 N–H and O–H groups in total. The third-order valence-electron chi connectivity index (χ3n) is 19.2. The highest BCUT2D eigenvalue weighted by Crippen LogP contribution is 2.20. The Hall–Kier alpha value is -2.23. The maximum absolute atomic E-state index is 13.0. The summed E-state index contributed by atoms with van der Waals surface area (Å²) in [4.78, 5) is 37.6. The third kappa shape index (κ3) is 77.0. The van der Waals surface area contributed by atoms with Gasteiger partial charge in [-0.25, -0.2) is 0 Å². The van der Waals surface area contributed by atoms with Crippen LogP contribution in [0.4, 0.5) is 0 Å². The Labute approximate surface area is 579 Å². The lowest BCUT2D eigenvalue weighted by atomic mass is 10.0. The number of likely N-dealkylation sites (N-methyl/N-ethyl adjacent to an activating group) is 1. The lowest BCUT2D eigenvalue weighted by Gasteiger charge is -2.26. The zero-order valence-electron chi connectivity index (χ0n) is 63.2. The highest BCUT2D eigenvalue weighted by atomic mass is 16.7. The molecule has 0 saturated heterocycles. The number of quaternary nitrogens is 1. The van der Waals surface area contributed by atoms with Crippen molar-refractivity contribution in [1.82, 2.24) is 0 Å². The van der Waals surface area contributed by atoms with Gasteiger partial charge in [-0.15, -0.1) is 0 Å². The van der Waals surface area contributed by atoms with Gasteiger partial charge in [-0.05, 0) is 64.2 Å². The van der Waals surface area contributed by atoms with Crippen LogP contribution in [0.5, 0.6) is 0 Å².